The summed E-state index contributed by atoms with van der Waals surface area (Å²) in [5.41, 5.74) is -0.0469. The lowest BCUT2D eigenvalue weighted by Gasteiger charge is -2.29. The summed E-state index contributed by atoms with van der Waals surface area (Å²) in [7, 11) is 0. The highest BCUT2D eigenvalue weighted by Crippen LogP contribution is 2.55. The minimum absolute atomic E-state index is 0.114. The Morgan fingerprint density at radius 3 is 2.68 bits per heavy atom. The van der Waals surface area contributed by atoms with Gasteiger partial charge in [-0.25, -0.2) is 9.59 Å². The number of esters is 2. The molecule has 4 rings (SSSR count). The second-order valence-electron chi connectivity index (χ2n) is 8.16. The van der Waals surface area contributed by atoms with E-state index >= 15 is 0 Å². The molecule has 0 amide bonds. The first-order valence-corrected chi connectivity index (χ1v) is 8.76. The number of fused-ring (bicyclic) bond motifs is 4. The van der Waals surface area contributed by atoms with Gasteiger partial charge in [-0.1, -0.05) is 13.2 Å². The fourth-order valence-corrected chi connectivity index (χ4v) is 4.30. The number of carbonyl (C=O) groups excluding carboxylic acids is 2. The second-order valence-corrected chi connectivity index (χ2v) is 8.16. The summed E-state index contributed by atoms with van der Waals surface area (Å²) < 4.78 is 23.1. The summed E-state index contributed by atoms with van der Waals surface area (Å²) in [5.74, 6) is -1.35. The molecule has 0 aromatic rings. The van der Waals surface area contributed by atoms with Crippen LogP contribution in [0, 0.1) is 5.92 Å². The molecule has 6 heteroatoms. The molecular weight excluding hydrogens is 324 g/mol. The summed E-state index contributed by atoms with van der Waals surface area (Å²) in [5, 5.41) is 0. The van der Waals surface area contributed by atoms with Crippen LogP contribution >= 0.6 is 0 Å². The van der Waals surface area contributed by atoms with Crippen molar-refractivity contribution in [3.05, 3.63) is 24.3 Å². The molecule has 0 bridgehead atoms. The van der Waals surface area contributed by atoms with Gasteiger partial charge in [-0.05, 0) is 33.6 Å². The van der Waals surface area contributed by atoms with Crippen LogP contribution in [0.5, 0.6) is 0 Å². The monoisotopic (exact) mass is 348 g/mol. The van der Waals surface area contributed by atoms with E-state index in [2.05, 4.69) is 13.2 Å². The van der Waals surface area contributed by atoms with Gasteiger partial charge in [-0.2, -0.15) is 0 Å². The molecule has 136 valence electrons. The third kappa shape index (κ3) is 2.62. The maximum absolute atomic E-state index is 12.2. The van der Waals surface area contributed by atoms with E-state index < -0.39 is 30.1 Å². The van der Waals surface area contributed by atoms with Crippen LogP contribution < -0.4 is 0 Å². The van der Waals surface area contributed by atoms with Gasteiger partial charge in [-0.15, -0.1) is 0 Å². The highest BCUT2D eigenvalue weighted by atomic mass is 16.7. The van der Waals surface area contributed by atoms with Gasteiger partial charge in [0.1, 0.15) is 18.3 Å². The summed E-state index contributed by atoms with van der Waals surface area (Å²) in [4.78, 5) is 24.3. The Morgan fingerprint density at radius 1 is 1.28 bits per heavy atom. The minimum atomic E-state index is -0.560. The van der Waals surface area contributed by atoms with Gasteiger partial charge in [0.15, 0.2) is 0 Å². The Hall–Kier alpha value is -1.66. The second kappa shape index (κ2) is 5.17. The van der Waals surface area contributed by atoms with Gasteiger partial charge in [0.05, 0.1) is 23.2 Å². The molecule has 0 aromatic heterocycles. The maximum Gasteiger partial charge on any atom is 0.334 e. The molecule has 0 radical (unpaired) electrons. The fourth-order valence-electron chi connectivity index (χ4n) is 4.30. The lowest BCUT2D eigenvalue weighted by Crippen LogP contribution is -2.41. The largest absolute Gasteiger partial charge is 0.458 e. The van der Waals surface area contributed by atoms with Gasteiger partial charge in [-0.3, -0.25) is 0 Å². The van der Waals surface area contributed by atoms with Crippen molar-refractivity contribution in [2.24, 2.45) is 5.92 Å². The first kappa shape index (κ1) is 16.8. The molecule has 0 N–H and O–H groups in total. The summed E-state index contributed by atoms with van der Waals surface area (Å²) in [6.45, 7) is 13.2. The van der Waals surface area contributed by atoms with Crippen molar-refractivity contribution < 1.29 is 28.5 Å². The van der Waals surface area contributed by atoms with Crippen LogP contribution in [0.4, 0.5) is 0 Å². The molecule has 25 heavy (non-hydrogen) atoms. The third-order valence-electron chi connectivity index (χ3n) is 6.05. The van der Waals surface area contributed by atoms with E-state index in [-0.39, 0.29) is 23.4 Å². The van der Waals surface area contributed by atoms with E-state index in [0.717, 1.165) is 12.8 Å². The summed E-state index contributed by atoms with van der Waals surface area (Å²) in [6.07, 6.45) is 1.09. The number of ether oxygens (including phenoxy) is 4. The molecule has 0 aromatic carbocycles. The predicted molar refractivity (Wildman–Crippen MR) is 87.6 cm³/mol. The molecule has 1 aliphatic carbocycles. The normalized spacial score (nSPS) is 47.7. The summed E-state index contributed by atoms with van der Waals surface area (Å²) in [6, 6.07) is 0. The smallest absolute Gasteiger partial charge is 0.334 e. The van der Waals surface area contributed by atoms with Crippen molar-refractivity contribution in [3.8, 4) is 0 Å². The van der Waals surface area contributed by atoms with Crippen LogP contribution in [-0.4, -0.2) is 47.6 Å². The van der Waals surface area contributed by atoms with Gasteiger partial charge in [0, 0.05) is 17.6 Å². The lowest BCUT2D eigenvalue weighted by atomic mass is 9.79. The number of hydrogen-bond donors (Lipinski definition) is 0. The fraction of sp³-hybridized carbons (Fsp3) is 0.684. The lowest BCUT2D eigenvalue weighted by molar-refractivity contribution is -0.149. The Kier molecular flexibility index (Phi) is 3.48. The zero-order valence-electron chi connectivity index (χ0n) is 14.9. The van der Waals surface area contributed by atoms with E-state index in [9.17, 15) is 9.59 Å². The highest BCUT2D eigenvalue weighted by Gasteiger charge is 2.66. The van der Waals surface area contributed by atoms with E-state index in [1.165, 1.54) is 0 Å². The maximum atomic E-state index is 12.2. The topological polar surface area (TPSA) is 77.7 Å². The third-order valence-corrected chi connectivity index (χ3v) is 6.05. The minimum Gasteiger partial charge on any atom is -0.458 e. The number of epoxide rings is 2. The van der Waals surface area contributed by atoms with E-state index in [1.54, 1.807) is 6.92 Å². The van der Waals surface area contributed by atoms with Crippen molar-refractivity contribution >= 4 is 11.9 Å². The van der Waals surface area contributed by atoms with Crippen LogP contribution in [-0.2, 0) is 28.5 Å². The molecule has 3 aliphatic heterocycles. The average Bonchev–Trinajstić information content (AvgIpc) is 3.35. The van der Waals surface area contributed by atoms with E-state index in [1.807, 2.05) is 13.8 Å². The standard InChI is InChI=1S/C19H24O6/c1-9(2)16(20)22-11-8-19(5)12(24-19)6-7-18(4)15(25-18)14-13(11)10(3)17(21)23-14/h11-15H,1,3,6-8H2,2,4-5H3. The molecule has 3 saturated heterocycles. The van der Waals surface area contributed by atoms with Gasteiger partial charge in [0.25, 0.3) is 0 Å². The van der Waals surface area contributed by atoms with Crippen LogP contribution in [0.3, 0.4) is 0 Å². The molecule has 4 fully saturated rings. The molecule has 0 spiro atoms. The quantitative estimate of drug-likeness (QED) is 0.432. The number of carbonyl (C=O) groups is 2. The Bertz CT molecular complexity index is 683. The van der Waals surface area contributed by atoms with Crippen molar-refractivity contribution in [3.63, 3.8) is 0 Å². The van der Waals surface area contributed by atoms with Gasteiger partial charge in [0.2, 0.25) is 0 Å². The van der Waals surface area contributed by atoms with Crippen LogP contribution in [0.25, 0.3) is 0 Å². The number of hydrogen-bond acceptors (Lipinski definition) is 6. The van der Waals surface area contributed by atoms with Crippen LogP contribution in [0.15, 0.2) is 24.3 Å². The Morgan fingerprint density at radius 2 is 2.00 bits per heavy atom. The molecule has 4 aliphatic rings. The predicted octanol–water partition coefficient (Wildman–Crippen LogP) is 2.07. The Balaban J connectivity index is 1.68. The zero-order chi connectivity index (χ0) is 18.1. The molecule has 1 saturated carbocycles. The highest BCUT2D eigenvalue weighted by molar-refractivity contribution is 5.91. The van der Waals surface area contributed by atoms with Crippen LogP contribution in [0.1, 0.15) is 40.0 Å². The SMILES string of the molecule is C=C(C)C(=O)OC1CC2(C)OC2CCC2(C)OC2C2OC(=O)C(=C)C12. The molecular formula is C19H24O6. The van der Waals surface area contributed by atoms with Gasteiger partial charge >= 0.3 is 11.9 Å². The van der Waals surface area contributed by atoms with E-state index in [0.29, 0.717) is 17.6 Å². The van der Waals surface area contributed by atoms with Crippen molar-refractivity contribution in [1.29, 1.82) is 0 Å². The van der Waals surface area contributed by atoms with Crippen molar-refractivity contribution in [1.82, 2.24) is 0 Å². The zero-order valence-corrected chi connectivity index (χ0v) is 14.9. The van der Waals surface area contributed by atoms with Crippen LogP contribution in [0.2, 0.25) is 0 Å². The first-order chi connectivity index (χ1) is 11.6. The van der Waals surface area contributed by atoms with E-state index in [4.69, 9.17) is 18.9 Å². The molecule has 7 unspecified atom stereocenters. The Labute approximate surface area is 147 Å². The molecule has 3 heterocycles. The first-order valence-electron chi connectivity index (χ1n) is 8.76. The number of rotatable bonds is 2. The van der Waals surface area contributed by atoms with Gasteiger partial charge < -0.3 is 18.9 Å². The molecule has 7 atom stereocenters. The average molecular weight is 348 g/mol. The summed E-state index contributed by atoms with van der Waals surface area (Å²) >= 11 is 0. The van der Waals surface area contributed by atoms with Crippen molar-refractivity contribution in [2.75, 3.05) is 0 Å². The van der Waals surface area contributed by atoms with Crippen molar-refractivity contribution in [2.45, 2.75) is 75.7 Å². The molecule has 6 nitrogen and oxygen atoms in total.